The van der Waals surface area contributed by atoms with Crippen molar-refractivity contribution in [3.63, 3.8) is 0 Å². The lowest BCUT2D eigenvalue weighted by Gasteiger charge is -2.20. The van der Waals surface area contributed by atoms with Crippen LogP contribution in [0.1, 0.15) is 76.0 Å². The van der Waals surface area contributed by atoms with Gasteiger partial charge in [-0.1, -0.05) is 0 Å². The topological polar surface area (TPSA) is 117 Å². The number of rotatable bonds is 7. The lowest BCUT2D eigenvalue weighted by molar-refractivity contribution is -0.153. The minimum Gasteiger partial charge on any atom is -0.478 e. The summed E-state index contributed by atoms with van der Waals surface area (Å²) in [5.41, 5.74) is 3.49. The van der Waals surface area contributed by atoms with Gasteiger partial charge in [-0.15, -0.1) is 22.7 Å². The van der Waals surface area contributed by atoms with E-state index in [2.05, 4.69) is 16.0 Å². The van der Waals surface area contributed by atoms with Crippen LogP contribution < -0.4 is 16.0 Å². The fourth-order valence-electron chi connectivity index (χ4n) is 5.39. The highest BCUT2D eigenvalue weighted by Gasteiger charge is 2.27. The van der Waals surface area contributed by atoms with Gasteiger partial charge in [-0.2, -0.15) is 0 Å². The number of benzene rings is 1. The van der Waals surface area contributed by atoms with E-state index in [-0.39, 0.29) is 24.5 Å². The second kappa shape index (κ2) is 11.9. The lowest BCUT2D eigenvalue weighted by atomic mass is 9.94. The first-order valence-corrected chi connectivity index (χ1v) is 15.4. The molecule has 0 saturated carbocycles. The number of urea groups is 1. The number of halogens is 1. The molecule has 5 rings (SSSR count). The van der Waals surface area contributed by atoms with Crippen molar-refractivity contribution in [2.45, 2.75) is 78.0 Å². The summed E-state index contributed by atoms with van der Waals surface area (Å²) in [4.78, 5) is 40.2. The number of carbonyl (C=O) groups excluding carboxylic acids is 2. The molecule has 3 aromatic rings. The van der Waals surface area contributed by atoms with Crippen LogP contribution in [0.4, 0.5) is 14.2 Å². The number of ether oxygens (including phenoxy) is 1. The van der Waals surface area contributed by atoms with Crippen LogP contribution in [0.2, 0.25) is 0 Å². The molecule has 0 unspecified atom stereocenters. The van der Waals surface area contributed by atoms with Crippen LogP contribution in [0.25, 0.3) is 10.4 Å². The van der Waals surface area contributed by atoms with Crippen LogP contribution in [-0.2, 0) is 48.3 Å². The van der Waals surface area contributed by atoms with Crippen LogP contribution in [0, 0.1) is 5.82 Å². The highest BCUT2D eigenvalue weighted by atomic mass is 32.1. The summed E-state index contributed by atoms with van der Waals surface area (Å²) in [6.45, 7) is 7.11. The number of aryl methyl sites for hydroxylation is 1. The summed E-state index contributed by atoms with van der Waals surface area (Å²) in [6.07, 6.45) is 4.77. The van der Waals surface area contributed by atoms with Gasteiger partial charge in [-0.05, 0) is 94.3 Å². The van der Waals surface area contributed by atoms with E-state index in [9.17, 15) is 19.5 Å². The average Bonchev–Trinajstić information content (AvgIpc) is 3.44. The van der Waals surface area contributed by atoms with E-state index in [1.165, 1.54) is 39.7 Å². The molecule has 3 heterocycles. The summed E-state index contributed by atoms with van der Waals surface area (Å²) in [7, 11) is 0. The highest BCUT2D eigenvalue weighted by molar-refractivity contribution is 7.16. The molecule has 0 fully saturated rings. The van der Waals surface area contributed by atoms with Crippen LogP contribution in [0.5, 0.6) is 0 Å². The first-order valence-electron chi connectivity index (χ1n) is 13.8. The molecule has 2 aromatic heterocycles. The SMILES string of the molecule is CC(C)(C)OC(=O)Cc1c(NC(=O)NCc2c(-c3ccc(C(=O)O)cc3F)sc3c2CCNC3)sc2c1CCCC2. The van der Waals surface area contributed by atoms with Gasteiger partial charge in [0.05, 0.1) is 12.0 Å². The maximum Gasteiger partial charge on any atom is 0.335 e. The molecular formula is C30H34FN3O5S2. The molecule has 218 valence electrons. The van der Waals surface area contributed by atoms with E-state index in [0.717, 1.165) is 71.8 Å². The fraction of sp³-hybridized carbons (Fsp3) is 0.433. The molecule has 0 bridgehead atoms. The van der Waals surface area contributed by atoms with Crippen molar-refractivity contribution in [1.29, 1.82) is 0 Å². The van der Waals surface area contributed by atoms with Crippen LogP contribution in [-0.4, -0.2) is 35.2 Å². The largest absolute Gasteiger partial charge is 0.478 e. The zero-order valence-electron chi connectivity index (χ0n) is 23.4. The van der Waals surface area contributed by atoms with Crippen molar-refractivity contribution < 1.29 is 28.6 Å². The molecule has 8 nitrogen and oxygen atoms in total. The van der Waals surface area contributed by atoms with Gasteiger partial charge >= 0.3 is 18.0 Å². The van der Waals surface area contributed by atoms with Gasteiger partial charge in [-0.3, -0.25) is 10.1 Å². The Hall–Kier alpha value is -3.28. The maximum absolute atomic E-state index is 15.1. The fourth-order valence-corrected chi connectivity index (χ4v) is 8.06. The quantitative estimate of drug-likeness (QED) is 0.246. The zero-order chi connectivity index (χ0) is 29.3. The number of esters is 1. The molecule has 1 aliphatic heterocycles. The zero-order valence-corrected chi connectivity index (χ0v) is 25.0. The number of carboxylic acids is 1. The van der Waals surface area contributed by atoms with Crippen LogP contribution >= 0.6 is 22.7 Å². The summed E-state index contributed by atoms with van der Waals surface area (Å²) in [6, 6.07) is 3.51. The Morgan fingerprint density at radius 1 is 1.05 bits per heavy atom. The van der Waals surface area contributed by atoms with Gasteiger partial charge in [0.25, 0.3) is 0 Å². The Morgan fingerprint density at radius 3 is 2.54 bits per heavy atom. The van der Waals surface area contributed by atoms with E-state index in [1.54, 1.807) is 0 Å². The van der Waals surface area contributed by atoms with Crippen LogP contribution in [0.3, 0.4) is 0 Å². The monoisotopic (exact) mass is 599 g/mol. The van der Waals surface area contributed by atoms with E-state index >= 15 is 4.39 Å². The third-order valence-electron chi connectivity index (χ3n) is 7.17. The Morgan fingerprint density at radius 2 is 1.80 bits per heavy atom. The first-order chi connectivity index (χ1) is 19.5. The van der Waals surface area contributed by atoms with Crippen molar-refractivity contribution in [2.75, 3.05) is 11.9 Å². The Kier molecular flexibility index (Phi) is 8.49. The van der Waals surface area contributed by atoms with E-state index in [0.29, 0.717) is 22.0 Å². The van der Waals surface area contributed by atoms with Crippen molar-refractivity contribution >= 4 is 45.6 Å². The third kappa shape index (κ3) is 6.63. The highest BCUT2D eigenvalue weighted by Crippen LogP contribution is 2.41. The molecule has 1 aromatic carbocycles. The maximum atomic E-state index is 15.1. The van der Waals surface area contributed by atoms with Crippen molar-refractivity contribution in [2.24, 2.45) is 0 Å². The number of carboxylic acid groups (broad SMARTS) is 1. The number of amides is 2. The number of carbonyl (C=O) groups is 3. The van der Waals surface area contributed by atoms with E-state index in [4.69, 9.17) is 4.74 Å². The molecule has 0 saturated heterocycles. The molecule has 1 aliphatic carbocycles. The van der Waals surface area contributed by atoms with E-state index < -0.39 is 23.4 Å². The summed E-state index contributed by atoms with van der Waals surface area (Å²) in [5.74, 6) is -2.13. The number of fused-ring (bicyclic) bond motifs is 2. The van der Waals surface area contributed by atoms with Crippen molar-refractivity contribution in [3.05, 3.63) is 61.6 Å². The van der Waals surface area contributed by atoms with E-state index in [1.807, 2.05) is 20.8 Å². The molecule has 2 amide bonds. The Balaban J connectivity index is 1.37. The van der Waals surface area contributed by atoms with Crippen molar-refractivity contribution in [1.82, 2.24) is 10.6 Å². The molecule has 0 atom stereocenters. The standard InChI is InChI=1S/C30H34FN3O5S2/c1-30(2,3)39-25(35)13-20-17-6-4-5-7-23(17)41-27(20)34-29(38)33-14-21-18-10-11-32-15-24(18)40-26(21)19-9-8-16(28(36)37)12-22(19)31/h8-9,12,32H,4-7,10-11,13-15H2,1-3H3,(H,36,37)(H2,33,34,38). The molecule has 0 radical (unpaired) electrons. The first kappa shape index (κ1) is 29.2. The number of thiophene rings is 2. The molecule has 41 heavy (non-hydrogen) atoms. The average molecular weight is 600 g/mol. The lowest BCUT2D eigenvalue weighted by Crippen LogP contribution is -2.30. The Labute approximate surface area is 246 Å². The molecule has 4 N–H and O–H groups in total. The number of aromatic carboxylic acids is 1. The van der Waals surface area contributed by atoms with Crippen molar-refractivity contribution in [3.8, 4) is 10.4 Å². The number of nitrogens with one attached hydrogen (secondary N) is 3. The predicted octanol–water partition coefficient (Wildman–Crippen LogP) is 6.04. The number of hydrogen-bond donors (Lipinski definition) is 4. The van der Waals surface area contributed by atoms with Gasteiger partial charge in [0, 0.05) is 38.8 Å². The summed E-state index contributed by atoms with van der Waals surface area (Å²) < 4.78 is 20.6. The molecule has 0 spiro atoms. The van der Waals surface area contributed by atoms with Gasteiger partial charge < -0.3 is 20.5 Å². The second-order valence-electron chi connectivity index (χ2n) is 11.3. The van der Waals surface area contributed by atoms with Gasteiger partial charge in [0.1, 0.15) is 16.4 Å². The van der Waals surface area contributed by atoms with Gasteiger partial charge in [0.2, 0.25) is 0 Å². The van der Waals surface area contributed by atoms with Gasteiger partial charge in [-0.25, -0.2) is 14.0 Å². The third-order valence-corrected chi connectivity index (χ3v) is 9.73. The van der Waals surface area contributed by atoms with Gasteiger partial charge in [0.15, 0.2) is 0 Å². The summed E-state index contributed by atoms with van der Waals surface area (Å²) in [5, 5.41) is 19.2. The number of anilines is 1. The second-order valence-corrected chi connectivity index (χ2v) is 13.5. The predicted molar refractivity (Wildman–Crippen MR) is 158 cm³/mol. The molecule has 11 heteroatoms. The normalized spacial score (nSPS) is 14.6. The minimum absolute atomic E-state index is 0.0967. The number of hydrogen-bond acceptors (Lipinski definition) is 7. The molecule has 2 aliphatic rings. The minimum atomic E-state index is -1.19. The van der Waals surface area contributed by atoms with Crippen LogP contribution in [0.15, 0.2) is 18.2 Å². The Bertz CT molecular complexity index is 1500. The smallest absolute Gasteiger partial charge is 0.335 e. The summed E-state index contributed by atoms with van der Waals surface area (Å²) >= 11 is 2.98. The molecular weight excluding hydrogens is 565 g/mol.